The van der Waals surface area contributed by atoms with Crippen LogP contribution in [0.3, 0.4) is 0 Å². The predicted molar refractivity (Wildman–Crippen MR) is 170 cm³/mol. The molecule has 1 aromatic heterocycles. The van der Waals surface area contributed by atoms with E-state index in [0.717, 1.165) is 44.2 Å². The van der Waals surface area contributed by atoms with Crippen molar-refractivity contribution in [3.63, 3.8) is 0 Å². The molecule has 0 unspecified atom stereocenters. The van der Waals surface area contributed by atoms with Crippen molar-refractivity contribution in [2.75, 3.05) is 0 Å². The predicted octanol–water partition coefficient (Wildman–Crippen LogP) is 8.48. The Kier molecular flexibility index (Phi) is 24.0. The molecule has 1 aromatic rings. The van der Waals surface area contributed by atoms with Gasteiger partial charge in [-0.1, -0.05) is 142 Å². The van der Waals surface area contributed by atoms with Crippen LogP contribution in [0.2, 0.25) is 0 Å². The minimum atomic E-state index is -0.795. The highest BCUT2D eigenvalue weighted by Gasteiger charge is 2.23. The van der Waals surface area contributed by atoms with Gasteiger partial charge in [0.05, 0.1) is 6.33 Å². The second-order valence-electron chi connectivity index (χ2n) is 11.9. The Morgan fingerprint density at radius 3 is 1.46 bits per heavy atom. The number of rotatable bonds is 28. The molecule has 7 nitrogen and oxygen atoms in total. The van der Waals surface area contributed by atoms with Gasteiger partial charge in [0.15, 0.2) is 0 Å². The van der Waals surface area contributed by atoms with Gasteiger partial charge in [0.2, 0.25) is 17.7 Å². The maximum absolute atomic E-state index is 12.9. The lowest BCUT2D eigenvalue weighted by molar-refractivity contribution is -0.134. The average Bonchev–Trinajstić information content (AvgIpc) is 3.47. The number of amides is 3. The summed E-state index contributed by atoms with van der Waals surface area (Å²) in [6.07, 6.45) is 31.1. The maximum atomic E-state index is 12.9. The van der Waals surface area contributed by atoms with Gasteiger partial charge >= 0.3 is 0 Å². The lowest BCUT2D eigenvalue weighted by Gasteiger charge is -2.17. The smallest absolute Gasteiger partial charge is 0.249 e. The SMILES string of the molecule is CCCCCCCCCCCCCC(=O)NC(=O)[C@H](Cc1cnc[nH]1)NC(=O)CCCCCCCCCCCCC. The summed E-state index contributed by atoms with van der Waals surface area (Å²) < 4.78 is 0. The van der Waals surface area contributed by atoms with Crippen LogP contribution in [0, 0.1) is 0 Å². The number of hydrogen-bond acceptors (Lipinski definition) is 4. The molecule has 1 atom stereocenters. The molecule has 1 rings (SSSR count). The van der Waals surface area contributed by atoms with Crippen LogP contribution in [0.4, 0.5) is 0 Å². The fraction of sp³-hybridized carbons (Fsp3) is 0.824. The summed E-state index contributed by atoms with van der Waals surface area (Å²) in [5.74, 6) is -0.849. The molecular weight excluding hydrogens is 512 g/mol. The minimum absolute atomic E-state index is 0.140. The second-order valence-corrected chi connectivity index (χ2v) is 11.9. The highest BCUT2D eigenvalue weighted by atomic mass is 16.2. The van der Waals surface area contributed by atoms with Crippen molar-refractivity contribution < 1.29 is 14.4 Å². The number of imidazole rings is 1. The van der Waals surface area contributed by atoms with Crippen molar-refractivity contribution in [1.82, 2.24) is 20.6 Å². The molecule has 0 radical (unpaired) electrons. The number of imide groups is 1. The van der Waals surface area contributed by atoms with Crippen molar-refractivity contribution in [3.05, 3.63) is 18.2 Å². The number of carbonyl (C=O) groups excluding carboxylic acids is 3. The summed E-state index contributed by atoms with van der Waals surface area (Å²) in [6.45, 7) is 4.49. The summed E-state index contributed by atoms with van der Waals surface area (Å²) in [5, 5.41) is 5.38. The third kappa shape index (κ3) is 22.1. The third-order valence-electron chi connectivity index (χ3n) is 7.91. The first kappa shape index (κ1) is 36.8. The van der Waals surface area contributed by atoms with E-state index in [4.69, 9.17) is 0 Å². The molecule has 3 N–H and O–H groups in total. The van der Waals surface area contributed by atoms with Crippen molar-refractivity contribution in [3.8, 4) is 0 Å². The normalized spacial score (nSPS) is 11.9. The van der Waals surface area contributed by atoms with E-state index in [9.17, 15) is 14.4 Å². The molecule has 0 fully saturated rings. The Hall–Kier alpha value is -2.18. The van der Waals surface area contributed by atoms with E-state index in [1.165, 1.54) is 103 Å². The third-order valence-corrected chi connectivity index (χ3v) is 7.91. The molecule has 41 heavy (non-hydrogen) atoms. The van der Waals surface area contributed by atoms with Crippen molar-refractivity contribution in [2.24, 2.45) is 0 Å². The average molecular weight is 575 g/mol. The Morgan fingerprint density at radius 2 is 1.05 bits per heavy atom. The number of unbranched alkanes of at least 4 members (excludes halogenated alkanes) is 20. The van der Waals surface area contributed by atoms with Gasteiger partial charge in [-0.25, -0.2) is 4.98 Å². The molecule has 3 amide bonds. The zero-order valence-electron chi connectivity index (χ0n) is 26.6. The number of aromatic amines is 1. The van der Waals surface area contributed by atoms with E-state index in [0.29, 0.717) is 12.8 Å². The monoisotopic (exact) mass is 574 g/mol. The standard InChI is InChI=1S/C34H62N4O3/c1-3-5-7-9-11-13-15-17-19-21-23-25-32(39)37-31(27-30-28-35-29-36-30)34(41)38-33(40)26-24-22-20-18-16-14-12-10-8-6-4-2/h28-29,31H,3-27H2,1-2H3,(H,35,36)(H,37,39)(H,38,40,41)/t31-/m0/s1. The van der Waals surface area contributed by atoms with E-state index in [1.54, 1.807) is 12.5 Å². The van der Waals surface area contributed by atoms with Gasteiger partial charge < -0.3 is 10.3 Å². The summed E-state index contributed by atoms with van der Waals surface area (Å²) >= 11 is 0. The molecule has 1 heterocycles. The van der Waals surface area contributed by atoms with Gasteiger partial charge in [-0.05, 0) is 12.8 Å². The summed E-state index contributed by atoms with van der Waals surface area (Å²) in [4.78, 5) is 44.9. The lowest BCUT2D eigenvalue weighted by atomic mass is 10.0. The highest BCUT2D eigenvalue weighted by molar-refractivity contribution is 5.99. The van der Waals surface area contributed by atoms with E-state index in [1.807, 2.05) is 0 Å². The van der Waals surface area contributed by atoms with E-state index < -0.39 is 11.9 Å². The number of nitrogens with one attached hydrogen (secondary N) is 3. The first-order valence-corrected chi connectivity index (χ1v) is 17.2. The van der Waals surface area contributed by atoms with Gasteiger partial charge in [0.25, 0.3) is 0 Å². The Balaban J connectivity index is 2.22. The van der Waals surface area contributed by atoms with Gasteiger partial charge in [-0.2, -0.15) is 0 Å². The van der Waals surface area contributed by atoms with Crippen molar-refractivity contribution >= 4 is 17.7 Å². The number of H-pyrrole nitrogens is 1. The molecule has 0 aliphatic rings. The number of carbonyl (C=O) groups is 3. The second kappa shape index (κ2) is 26.7. The maximum Gasteiger partial charge on any atom is 0.249 e. The van der Waals surface area contributed by atoms with Crippen LogP contribution in [0.5, 0.6) is 0 Å². The Bertz CT molecular complexity index is 766. The minimum Gasteiger partial charge on any atom is -0.348 e. The van der Waals surface area contributed by atoms with Crippen LogP contribution >= 0.6 is 0 Å². The first-order valence-electron chi connectivity index (χ1n) is 17.2. The summed E-state index contributed by atoms with van der Waals surface area (Å²) in [5.41, 5.74) is 0.748. The van der Waals surface area contributed by atoms with Gasteiger partial charge in [0, 0.05) is 31.2 Å². The zero-order chi connectivity index (χ0) is 29.8. The fourth-order valence-electron chi connectivity index (χ4n) is 5.28. The van der Waals surface area contributed by atoms with E-state index >= 15 is 0 Å². The van der Waals surface area contributed by atoms with Crippen molar-refractivity contribution in [2.45, 2.75) is 180 Å². The summed E-state index contributed by atoms with van der Waals surface area (Å²) in [7, 11) is 0. The summed E-state index contributed by atoms with van der Waals surface area (Å²) in [6, 6.07) is -0.795. The van der Waals surface area contributed by atoms with Crippen molar-refractivity contribution in [1.29, 1.82) is 0 Å². The van der Waals surface area contributed by atoms with Gasteiger partial charge in [-0.3, -0.25) is 19.7 Å². The van der Waals surface area contributed by atoms with Gasteiger partial charge in [0.1, 0.15) is 6.04 Å². The lowest BCUT2D eigenvalue weighted by Crippen LogP contribution is -2.49. The van der Waals surface area contributed by atoms with Crippen LogP contribution in [0.25, 0.3) is 0 Å². The quantitative estimate of drug-likeness (QED) is 0.0873. The van der Waals surface area contributed by atoms with Crippen LogP contribution in [0.1, 0.15) is 174 Å². The van der Waals surface area contributed by atoms with Crippen LogP contribution < -0.4 is 10.6 Å². The molecule has 0 aliphatic carbocycles. The molecule has 7 heteroatoms. The van der Waals surface area contributed by atoms with Crippen LogP contribution in [0.15, 0.2) is 12.5 Å². The number of hydrogen-bond donors (Lipinski definition) is 3. The zero-order valence-corrected chi connectivity index (χ0v) is 26.6. The van der Waals surface area contributed by atoms with Crippen LogP contribution in [-0.4, -0.2) is 33.7 Å². The Morgan fingerprint density at radius 1 is 0.634 bits per heavy atom. The molecular formula is C34H62N4O3. The topological polar surface area (TPSA) is 104 Å². The molecule has 0 aliphatic heterocycles. The number of aromatic nitrogens is 2. The molecule has 0 saturated carbocycles. The van der Waals surface area contributed by atoms with E-state index in [2.05, 4.69) is 34.4 Å². The molecule has 0 bridgehead atoms. The largest absolute Gasteiger partial charge is 0.348 e. The Labute approximate surface area is 251 Å². The first-order chi connectivity index (χ1) is 20.1. The van der Waals surface area contributed by atoms with Crippen LogP contribution in [-0.2, 0) is 20.8 Å². The number of nitrogens with zero attached hydrogens (tertiary/aromatic N) is 1. The highest BCUT2D eigenvalue weighted by Crippen LogP contribution is 2.13. The molecule has 0 saturated heterocycles. The fourth-order valence-corrected chi connectivity index (χ4v) is 5.28. The van der Waals surface area contributed by atoms with E-state index in [-0.39, 0.29) is 18.2 Å². The van der Waals surface area contributed by atoms with Gasteiger partial charge in [-0.15, -0.1) is 0 Å². The molecule has 0 spiro atoms. The molecule has 236 valence electrons. The molecule has 0 aromatic carbocycles.